The van der Waals surface area contributed by atoms with Crippen molar-refractivity contribution in [3.63, 3.8) is 0 Å². The van der Waals surface area contributed by atoms with Gasteiger partial charge in [0.1, 0.15) is 11.5 Å². The highest BCUT2D eigenvalue weighted by atomic mass is 32.1. The van der Waals surface area contributed by atoms with E-state index in [2.05, 4.69) is 10.3 Å². The predicted octanol–water partition coefficient (Wildman–Crippen LogP) is 3.31. The van der Waals surface area contributed by atoms with E-state index in [9.17, 15) is 31.5 Å². The third kappa shape index (κ3) is 3.26. The van der Waals surface area contributed by atoms with Crippen molar-refractivity contribution in [2.75, 3.05) is 7.05 Å². The Morgan fingerprint density at radius 3 is 2.54 bits per heavy atom. The maximum Gasteiger partial charge on any atom is 0.419 e. The molecule has 2 heterocycles. The summed E-state index contributed by atoms with van der Waals surface area (Å²) < 4.78 is 68.1. The normalized spacial score (nSPS) is 11.8. The van der Waals surface area contributed by atoms with Crippen LogP contribution in [0.3, 0.4) is 0 Å². The smallest absolute Gasteiger partial charge is 0.354 e. The molecular formula is C17H12F5N3O2S. The maximum atomic E-state index is 14.6. The SMILES string of the molecule is CNC(=O)c1c(C)sc2nc(Cc3cccc(C(F)(F)F)c3F)c(F)c(=O)n12. The van der Waals surface area contributed by atoms with Crippen LogP contribution in [-0.4, -0.2) is 22.3 Å². The number of benzene rings is 1. The molecule has 28 heavy (non-hydrogen) atoms. The molecule has 3 aromatic rings. The summed E-state index contributed by atoms with van der Waals surface area (Å²) >= 11 is 0.932. The Labute approximate surface area is 158 Å². The van der Waals surface area contributed by atoms with Gasteiger partial charge >= 0.3 is 6.18 Å². The zero-order chi connectivity index (χ0) is 20.8. The van der Waals surface area contributed by atoms with Crippen LogP contribution in [0, 0.1) is 18.6 Å². The van der Waals surface area contributed by atoms with Crippen LogP contribution in [0.5, 0.6) is 0 Å². The number of hydrogen-bond acceptors (Lipinski definition) is 4. The van der Waals surface area contributed by atoms with Crippen LogP contribution in [0.2, 0.25) is 0 Å². The fourth-order valence-corrected chi connectivity index (χ4v) is 3.72. The molecule has 0 atom stereocenters. The first-order valence-electron chi connectivity index (χ1n) is 7.83. The Balaban J connectivity index is 2.16. The molecule has 11 heteroatoms. The average molecular weight is 417 g/mol. The summed E-state index contributed by atoms with van der Waals surface area (Å²) in [5.74, 6) is -3.54. The summed E-state index contributed by atoms with van der Waals surface area (Å²) in [7, 11) is 1.34. The van der Waals surface area contributed by atoms with Gasteiger partial charge in [0, 0.05) is 18.3 Å². The van der Waals surface area contributed by atoms with Crippen molar-refractivity contribution < 1.29 is 26.7 Å². The van der Waals surface area contributed by atoms with E-state index in [1.54, 1.807) is 0 Å². The number of nitrogens with zero attached hydrogens (tertiary/aromatic N) is 2. The summed E-state index contributed by atoms with van der Waals surface area (Å²) in [5.41, 5.74) is -3.72. The third-order valence-corrected chi connectivity index (χ3v) is 5.01. The van der Waals surface area contributed by atoms with Crippen LogP contribution in [0.15, 0.2) is 23.0 Å². The number of nitrogens with one attached hydrogen (secondary N) is 1. The van der Waals surface area contributed by atoms with Gasteiger partial charge in [0.05, 0.1) is 11.3 Å². The quantitative estimate of drug-likeness (QED) is 0.666. The molecular weight excluding hydrogens is 405 g/mol. The van der Waals surface area contributed by atoms with E-state index in [1.807, 2.05) is 0 Å². The first kappa shape index (κ1) is 19.9. The predicted molar refractivity (Wildman–Crippen MR) is 91.6 cm³/mol. The molecule has 0 radical (unpaired) electrons. The molecule has 5 nitrogen and oxygen atoms in total. The molecule has 0 unspecified atom stereocenters. The topological polar surface area (TPSA) is 63.5 Å². The number of alkyl halides is 3. The Hall–Kier alpha value is -2.82. The number of rotatable bonds is 3. The van der Waals surface area contributed by atoms with E-state index in [1.165, 1.54) is 14.0 Å². The van der Waals surface area contributed by atoms with E-state index in [0.717, 1.165) is 27.9 Å². The van der Waals surface area contributed by atoms with Gasteiger partial charge in [-0.25, -0.2) is 13.8 Å². The van der Waals surface area contributed by atoms with E-state index in [-0.39, 0.29) is 10.7 Å². The van der Waals surface area contributed by atoms with E-state index in [4.69, 9.17) is 0 Å². The Kier molecular flexibility index (Phi) is 4.96. The zero-order valence-corrected chi connectivity index (χ0v) is 15.3. The van der Waals surface area contributed by atoms with Gasteiger partial charge in [-0.2, -0.15) is 17.6 Å². The van der Waals surface area contributed by atoms with E-state index < -0.39 is 52.5 Å². The monoisotopic (exact) mass is 417 g/mol. The molecule has 0 aliphatic heterocycles. The first-order valence-corrected chi connectivity index (χ1v) is 8.65. The number of aryl methyl sites for hydroxylation is 1. The largest absolute Gasteiger partial charge is 0.419 e. The molecule has 0 saturated heterocycles. The van der Waals surface area contributed by atoms with Gasteiger partial charge < -0.3 is 5.32 Å². The second-order valence-electron chi connectivity index (χ2n) is 5.83. The van der Waals surface area contributed by atoms with Gasteiger partial charge in [0.25, 0.3) is 11.5 Å². The first-order chi connectivity index (χ1) is 13.1. The summed E-state index contributed by atoms with van der Waals surface area (Å²) in [6.45, 7) is 1.54. The molecule has 0 bridgehead atoms. The highest BCUT2D eigenvalue weighted by Gasteiger charge is 2.35. The van der Waals surface area contributed by atoms with Crippen molar-refractivity contribution in [3.8, 4) is 0 Å². The van der Waals surface area contributed by atoms with Crippen molar-refractivity contribution in [2.45, 2.75) is 19.5 Å². The Morgan fingerprint density at radius 1 is 1.25 bits per heavy atom. The van der Waals surface area contributed by atoms with Crippen molar-refractivity contribution in [3.05, 3.63) is 67.6 Å². The van der Waals surface area contributed by atoms with Gasteiger partial charge in [0.15, 0.2) is 4.96 Å². The number of carbonyl (C=O) groups excluding carboxylic acids is 1. The van der Waals surface area contributed by atoms with Crippen LogP contribution in [0.25, 0.3) is 4.96 Å². The lowest BCUT2D eigenvalue weighted by atomic mass is 10.0. The molecule has 0 spiro atoms. The minimum Gasteiger partial charge on any atom is -0.354 e. The average Bonchev–Trinajstić information content (AvgIpc) is 2.95. The number of amides is 1. The molecule has 0 saturated carbocycles. The number of halogens is 5. The molecule has 3 rings (SSSR count). The molecule has 1 amide bonds. The Bertz CT molecular complexity index is 1150. The molecule has 1 N–H and O–H groups in total. The molecule has 2 aromatic heterocycles. The van der Waals surface area contributed by atoms with Gasteiger partial charge in [-0.1, -0.05) is 12.1 Å². The summed E-state index contributed by atoms with van der Waals surface area (Å²) in [6, 6.07) is 2.62. The number of hydrogen-bond donors (Lipinski definition) is 1. The third-order valence-electron chi connectivity index (χ3n) is 4.05. The Morgan fingerprint density at radius 2 is 1.93 bits per heavy atom. The lowest BCUT2D eigenvalue weighted by Crippen LogP contribution is -2.28. The highest BCUT2D eigenvalue weighted by Crippen LogP contribution is 2.33. The second-order valence-corrected chi connectivity index (χ2v) is 7.02. The minimum absolute atomic E-state index is 0.0233. The van der Waals surface area contributed by atoms with Gasteiger partial charge in [-0.05, 0) is 18.6 Å². The van der Waals surface area contributed by atoms with Crippen molar-refractivity contribution >= 4 is 22.2 Å². The van der Waals surface area contributed by atoms with Gasteiger partial charge in [-0.3, -0.25) is 9.59 Å². The second kappa shape index (κ2) is 6.97. The van der Waals surface area contributed by atoms with Gasteiger partial charge in [-0.15, -0.1) is 11.3 Å². The lowest BCUT2D eigenvalue weighted by molar-refractivity contribution is -0.140. The number of fused-ring (bicyclic) bond motifs is 1. The fraction of sp³-hybridized carbons (Fsp3) is 0.235. The van der Waals surface area contributed by atoms with Crippen molar-refractivity contribution in [2.24, 2.45) is 0 Å². The number of carbonyl (C=O) groups is 1. The van der Waals surface area contributed by atoms with Crippen molar-refractivity contribution in [1.82, 2.24) is 14.7 Å². The molecule has 0 aliphatic rings. The number of thiazole rings is 1. The van der Waals surface area contributed by atoms with E-state index >= 15 is 0 Å². The van der Waals surface area contributed by atoms with Crippen LogP contribution in [0.1, 0.15) is 32.2 Å². The zero-order valence-electron chi connectivity index (χ0n) is 14.4. The molecule has 0 fully saturated rings. The molecule has 0 aliphatic carbocycles. The van der Waals surface area contributed by atoms with E-state index in [0.29, 0.717) is 10.9 Å². The lowest BCUT2D eigenvalue weighted by Gasteiger charge is -2.11. The maximum absolute atomic E-state index is 14.6. The van der Waals surface area contributed by atoms with Crippen LogP contribution in [-0.2, 0) is 12.6 Å². The van der Waals surface area contributed by atoms with Gasteiger partial charge in [0.2, 0.25) is 5.82 Å². The summed E-state index contributed by atoms with van der Waals surface area (Å²) in [4.78, 5) is 28.7. The summed E-state index contributed by atoms with van der Waals surface area (Å²) in [5, 5.41) is 2.33. The fourth-order valence-electron chi connectivity index (χ4n) is 2.74. The van der Waals surface area contributed by atoms with Crippen LogP contribution >= 0.6 is 11.3 Å². The highest BCUT2D eigenvalue weighted by molar-refractivity contribution is 7.17. The van der Waals surface area contributed by atoms with Crippen molar-refractivity contribution in [1.29, 1.82) is 0 Å². The van der Waals surface area contributed by atoms with Crippen LogP contribution in [0.4, 0.5) is 22.0 Å². The summed E-state index contributed by atoms with van der Waals surface area (Å²) in [6.07, 6.45) is -5.57. The molecule has 1 aromatic carbocycles. The standard InChI is InChI=1S/C17H12F5N3O2S/c1-7-13(14(26)23-2)25-15(27)12(19)10(24-16(25)28-7)6-8-4-3-5-9(11(8)18)17(20,21)22/h3-5H,6H2,1-2H3,(H,23,26). The van der Waals surface area contributed by atoms with Crippen LogP contribution < -0.4 is 10.9 Å². The number of aromatic nitrogens is 2. The minimum atomic E-state index is -4.91. The molecule has 148 valence electrons.